The van der Waals surface area contributed by atoms with E-state index in [1.54, 1.807) is 0 Å². The first-order chi connectivity index (χ1) is 8.06. The molecule has 17 heavy (non-hydrogen) atoms. The Kier molecular flexibility index (Phi) is 4.74. The predicted octanol–water partition coefficient (Wildman–Crippen LogP) is 0.444. The zero-order chi connectivity index (χ0) is 12.9. The molecule has 0 radical (unpaired) electrons. The predicted molar refractivity (Wildman–Crippen MR) is 63.8 cm³/mol. The van der Waals surface area contributed by atoms with Gasteiger partial charge < -0.3 is 21.0 Å². The van der Waals surface area contributed by atoms with Gasteiger partial charge in [-0.05, 0) is 26.7 Å². The number of amides is 1. The topological polar surface area (TPSA) is 96.9 Å². The smallest absolute Gasteiger partial charge is 0.234 e. The van der Waals surface area contributed by atoms with Crippen molar-refractivity contribution in [3.05, 3.63) is 0 Å². The molecule has 1 atom stereocenters. The third-order valence-corrected chi connectivity index (χ3v) is 3.19. The first-order valence-electron chi connectivity index (χ1n) is 5.93. The summed E-state index contributed by atoms with van der Waals surface area (Å²) in [6.07, 6.45) is 2.19. The van der Waals surface area contributed by atoms with Gasteiger partial charge in [-0.25, -0.2) is 0 Å². The molecular formula is C11H21N3O3. The van der Waals surface area contributed by atoms with E-state index in [2.05, 4.69) is 10.5 Å². The van der Waals surface area contributed by atoms with E-state index < -0.39 is 5.41 Å². The van der Waals surface area contributed by atoms with Gasteiger partial charge in [0, 0.05) is 12.6 Å². The van der Waals surface area contributed by atoms with E-state index in [9.17, 15) is 4.79 Å². The summed E-state index contributed by atoms with van der Waals surface area (Å²) in [5.74, 6) is -0.170. The van der Waals surface area contributed by atoms with Crippen LogP contribution in [0.5, 0.6) is 0 Å². The van der Waals surface area contributed by atoms with E-state index in [-0.39, 0.29) is 17.8 Å². The molecule has 4 N–H and O–H groups in total. The number of ether oxygens (including phenoxy) is 1. The monoisotopic (exact) mass is 243 g/mol. The van der Waals surface area contributed by atoms with Gasteiger partial charge in [0.25, 0.3) is 0 Å². The molecule has 1 fully saturated rings. The van der Waals surface area contributed by atoms with Crippen LogP contribution in [0, 0.1) is 5.41 Å². The Morgan fingerprint density at radius 3 is 2.71 bits per heavy atom. The van der Waals surface area contributed by atoms with Crippen LogP contribution in [0.4, 0.5) is 0 Å². The van der Waals surface area contributed by atoms with Crippen molar-refractivity contribution in [1.82, 2.24) is 5.32 Å². The summed E-state index contributed by atoms with van der Waals surface area (Å²) in [5.41, 5.74) is 4.79. The standard InChI is InChI=1S/C11H21N3O3/c1-3-17-7-8(2)13-10(15)11(5-4-6-11)9(12)14-16/h8,16H,3-7H2,1-2H3,(H2,12,14)(H,13,15). The summed E-state index contributed by atoms with van der Waals surface area (Å²) in [4.78, 5) is 12.1. The van der Waals surface area contributed by atoms with Gasteiger partial charge in [-0.2, -0.15) is 0 Å². The number of nitrogens with zero attached hydrogens (tertiary/aromatic N) is 1. The fraction of sp³-hybridized carbons (Fsp3) is 0.818. The molecule has 6 nitrogen and oxygen atoms in total. The fourth-order valence-electron chi connectivity index (χ4n) is 1.92. The molecule has 1 amide bonds. The van der Waals surface area contributed by atoms with Crippen LogP contribution in [-0.4, -0.2) is 36.2 Å². The third kappa shape index (κ3) is 2.88. The average Bonchev–Trinajstić information content (AvgIpc) is 2.24. The highest BCUT2D eigenvalue weighted by molar-refractivity contribution is 6.07. The largest absolute Gasteiger partial charge is 0.409 e. The molecule has 0 aromatic rings. The SMILES string of the molecule is CCOCC(C)NC(=O)C1(C(N)=NO)CCC1. The van der Waals surface area contributed by atoms with Crippen LogP contribution in [0.15, 0.2) is 5.16 Å². The lowest BCUT2D eigenvalue weighted by molar-refractivity contribution is -0.132. The number of nitrogens with one attached hydrogen (secondary N) is 1. The van der Waals surface area contributed by atoms with Crippen LogP contribution in [0.25, 0.3) is 0 Å². The van der Waals surface area contributed by atoms with Crippen molar-refractivity contribution in [2.45, 2.75) is 39.2 Å². The molecule has 0 saturated heterocycles. The fourth-order valence-corrected chi connectivity index (χ4v) is 1.92. The average molecular weight is 243 g/mol. The minimum Gasteiger partial charge on any atom is -0.409 e. The van der Waals surface area contributed by atoms with Gasteiger partial charge in [0.05, 0.1) is 6.61 Å². The molecule has 1 aliphatic carbocycles. The maximum absolute atomic E-state index is 12.1. The van der Waals surface area contributed by atoms with Crippen molar-refractivity contribution < 1.29 is 14.7 Å². The number of amidine groups is 1. The Labute approximate surface area is 101 Å². The number of hydrogen-bond donors (Lipinski definition) is 3. The lowest BCUT2D eigenvalue weighted by atomic mass is 9.67. The normalized spacial score (nSPS) is 20.5. The maximum Gasteiger partial charge on any atom is 0.234 e. The van der Waals surface area contributed by atoms with Crippen LogP contribution >= 0.6 is 0 Å². The molecule has 1 saturated carbocycles. The summed E-state index contributed by atoms with van der Waals surface area (Å²) in [6.45, 7) is 4.85. The highest BCUT2D eigenvalue weighted by Gasteiger charge is 2.48. The number of carbonyl (C=O) groups is 1. The second kappa shape index (κ2) is 5.86. The minimum atomic E-state index is -0.810. The molecule has 1 unspecified atom stereocenters. The first kappa shape index (κ1) is 13.8. The van der Waals surface area contributed by atoms with E-state index in [0.29, 0.717) is 26.1 Å². The zero-order valence-corrected chi connectivity index (χ0v) is 10.4. The van der Waals surface area contributed by atoms with E-state index in [4.69, 9.17) is 15.7 Å². The molecule has 0 heterocycles. The van der Waals surface area contributed by atoms with E-state index >= 15 is 0 Å². The Balaban J connectivity index is 2.56. The molecule has 6 heteroatoms. The second-order valence-corrected chi connectivity index (χ2v) is 4.45. The number of nitrogens with two attached hydrogens (primary N) is 1. The quantitative estimate of drug-likeness (QED) is 0.273. The summed E-state index contributed by atoms with van der Waals surface area (Å²) in [5, 5.41) is 14.5. The Hall–Kier alpha value is -1.30. The molecule has 1 aliphatic rings. The van der Waals surface area contributed by atoms with Crippen LogP contribution in [0.3, 0.4) is 0 Å². The van der Waals surface area contributed by atoms with Crippen molar-refractivity contribution in [2.24, 2.45) is 16.3 Å². The second-order valence-electron chi connectivity index (χ2n) is 4.45. The molecule has 0 aromatic heterocycles. The van der Waals surface area contributed by atoms with E-state index in [1.807, 2.05) is 13.8 Å². The molecule has 98 valence electrons. The molecule has 0 bridgehead atoms. The minimum absolute atomic E-state index is 0.00450. The maximum atomic E-state index is 12.1. The highest BCUT2D eigenvalue weighted by Crippen LogP contribution is 2.41. The van der Waals surface area contributed by atoms with Gasteiger partial charge in [-0.3, -0.25) is 4.79 Å². The first-order valence-corrected chi connectivity index (χ1v) is 5.93. The molecular weight excluding hydrogens is 222 g/mol. The summed E-state index contributed by atoms with van der Waals surface area (Å²) >= 11 is 0. The van der Waals surface area contributed by atoms with Gasteiger partial charge in [0.15, 0.2) is 5.84 Å². The Morgan fingerprint density at radius 2 is 2.29 bits per heavy atom. The zero-order valence-electron chi connectivity index (χ0n) is 10.4. The molecule has 0 aromatic carbocycles. The molecule has 0 aliphatic heterocycles. The van der Waals surface area contributed by atoms with Crippen LogP contribution < -0.4 is 11.1 Å². The van der Waals surface area contributed by atoms with E-state index in [1.165, 1.54) is 0 Å². The molecule has 1 rings (SSSR count). The van der Waals surface area contributed by atoms with Crippen molar-refractivity contribution in [1.29, 1.82) is 0 Å². The Morgan fingerprint density at radius 1 is 1.65 bits per heavy atom. The summed E-state index contributed by atoms with van der Waals surface area (Å²) in [7, 11) is 0. The lowest BCUT2D eigenvalue weighted by Gasteiger charge is -2.39. The van der Waals surface area contributed by atoms with Gasteiger partial charge in [-0.15, -0.1) is 0 Å². The lowest BCUT2D eigenvalue weighted by Crippen LogP contribution is -2.56. The third-order valence-electron chi connectivity index (χ3n) is 3.19. The van der Waals surface area contributed by atoms with Gasteiger partial charge in [0.2, 0.25) is 5.91 Å². The number of hydrogen-bond acceptors (Lipinski definition) is 4. The van der Waals surface area contributed by atoms with Gasteiger partial charge >= 0.3 is 0 Å². The van der Waals surface area contributed by atoms with Crippen LogP contribution in [0.2, 0.25) is 0 Å². The summed E-state index contributed by atoms with van der Waals surface area (Å²) in [6, 6.07) is -0.0774. The van der Waals surface area contributed by atoms with Gasteiger partial charge in [-0.1, -0.05) is 11.6 Å². The van der Waals surface area contributed by atoms with Crippen molar-refractivity contribution in [3.63, 3.8) is 0 Å². The number of carbonyl (C=O) groups excluding carboxylic acids is 1. The van der Waals surface area contributed by atoms with E-state index in [0.717, 1.165) is 6.42 Å². The highest BCUT2D eigenvalue weighted by atomic mass is 16.5. The van der Waals surface area contributed by atoms with Crippen LogP contribution in [0.1, 0.15) is 33.1 Å². The van der Waals surface area contributed by atoms with Crippen LogP contribution in [-0.2, 0) is 9.53 Å². The number of rotatable bonds is 6. The summed E-state index contributed by atoms with van der Waals surface area (Å²) < 4.78 is 5.22. The number of oxime groups is 1. The van der Waals surface area contributed by atoms with Crippen molar-refractivity contribution in [2.75, 3.05) is 13.2 Å². The molecule has 0 spiro atoms. The van der Waals surface area contributed by atoms with Crippen molar-refractivity contribution in [3.8, 4) is 0 Å². The van der Waals surface area contributed by atoms with Gasteiger partial charge in [0.1, 0.15) is 5.41 Å². The Bertz CT molecular complexity index is 300. The van der Waals surface area contributed by atoms with Crippen molar-refractivity contribution >= 4 is 11.7 Å².